The van der Waals surface area contributed by atoms with Crippen molar-refractivity contribution in [1.29, 1.82) is 0 Å². The zero-order valence-corrected chi connectivity index (χ0v) is 17.8. The minimum atomic E-state index is -0.342. The van der Waals surface area contributed by atoms with Crippen LogP contribution in [-0.2, 0) is 16.1 Å². The molecule has 1 aromatic heterocycles. The molecule has 30 heavy (non-hydrogen) atoms. The monoisotopic (exact) mass is 415 g/mol. The summed E-state index contributed by atoms with van der Waals surface area (Å²) in [5.41, 5.74) is 1.70. The van der Waals surface area contributed by atoms with Crippen LogP contribution in [0.5, 0.6) is 5.75 Å². The summed E-state index contributed by atoms with van der Waals surface area (Å²) in [5.74, 6) is 0.421. The predicted molar refractivity (Wildman–Crippen MR) is 114 cm³/mol. The van der Waals surface area contributed by atoms with Crippen molar-refractivity contribution in [1.82, 2.24) is 14.4 Å². The summed E-state index contributed by atoms with van der Waals surface area (Å²) in [7, 11) is 0. The summed E-state index contributed by atoms with van der Waals surface area (Å²) in [5, 5.41) is 0.997. The zero-order valence-electron chi connectivity index (χ0n) is 17.8. The van der Waals surface area contributed by atoms with Crippen molar-refractivity contribution in [2.45, 2.75) is 33.7 Å². The molecule has 0 aliphatic carbocycles. The normalized spacial score (nSPS) is 14.1. The summed E-state index contributed by atoms with van der Waals surface area (Å²) in [6, 6.07) is 7.22. The molecule has 1 aromatic carbocycles. The Labute approximate surface area is 176 Å². The van der Waals surface area contributed by atoms with Gasteiger partial charge in [0.2, 0.25) is 0 Å². The Morgan fingerprint density at radius 3 is 2.40 bits per heavy atom. The van der Waals surface area contributed by atoms with Crippen molar-refractivity contribution in [3.63, 3.8) is 0 Å². The Kier molecular flexibility index (Phi) is 6.97. The summed E-state index contributed by atoms with van der Waals surface area (Å²) < 4.78 is 12.5. The highest BCUT2D eigenvalue weighted by molar-refractivity contribution is 5.84. The van der Waals surface area contributed by atoms with E-state index in [1.165, 1.54) is 0 Å². The van der Waals surface area contributed by atoms with Crippen LogP contribution >= 0.6 is 0 Å². The third-order valence-electron chi connectivity index (χ3n) is 5.26. The van der Waals surface area contributed by atoms with E-state index in [0.29, 0.717) is 45.1 Å². The molecule has 1 aliphatic rings. The first-order valence-corrected chi connectivity index (χ1v) is 10.4. The topological polar surface area (TPSA) is 81.1 Å². The smallest absolute Gasteiger partial charge is 0.409 e. The SMILES string of the molecule is CCCn1c(=O)cc(C)c2ccc(OCC(=O)N3CCN(C(=O)OCC)CC3)cc21. The number of carbonyl (C=O) groups excluding carboxylic acids is 2. The number of carbonyl (C=O) groups is 2. The summed E-state index contributed by atoms with van der Waals surface area (Å²) >= 11 is 0. The van der Waals surface area contributed by atoms with E-state index in [4.69, 9.17) is 9.47 Å². The van der Waals surface area contributed by atoms with Gasteiger partial charge in [-0.1, -0.05) is 6.92 Å². The molecule has 2 heterocycles. The zero-order chi connectivity index (χ0) is 21.7. The molecule has 1 saturated heterocycles. The van der Waals surface area contributed by atoms with Gasteiger partial charge in [0, 0.05) is 50.2 Å². The lowest BCUT2D eigenvalue weighted by Gasteiger charge is -2.33. The fourth-order valence-corrected chi connectivity index (χ4v) is 3.66. The van der Waals surface area contributed by atoms with Crippen molar-refractivity contribution >= 4 is 22.9 Å². The molecule has 0 N–H and O–H groups in total. The number of rotatable bonds is 6. The van der Waals surface area contributed by atoms with Gasteiger partial charge in [0.05, 0.1) is 12.1 Å². The first kappa shape index (κ1) is 21.7. The minimum Gasteiger partial charge on any atom is -0.484 e. The quantitative estimate of drug-likeness (QED) is 0.724. The number of piperazine rings is 1. The van der Waals surface area contributed by atoms with Gasteiger partial charge in [-0.2, -0.15) is 0 Å². The summed E-state index contributed by atoms with van der Waals surface area (Å²) in [4.78, 5) is 40.0. The minimum absolute atomic E-state index is 0.0328. The average molecular weight is 415 g/mol. The van der Waals surface area contributed by atoms with Gasteiger partial charge in [0.1, 0.15) is 5.75 Å². The number of amides is 2. The van der Waals surface area contributed by atoms with E-state index in [1.807, 2.05) is 32.0 Å². The van der Waals surface area contributed by atoms with E-state index in [0.717, 1.165) is 22.9 Å². The molecule has 0 atom stereocenters. The van der Waals surface area contributed by atoms with Gasteiger partial charge in [-0.05, 0) is 38.0 Å². The molecule has 162 valence electrons. The Bertz CT molecular complexity index is 977. The number of aromatic nitrogens is 1. The van der Waals surface area contributed by atoms with Gasteiger partial charge >= 0.3 is 6.09 Å². The molecule has 0 unspecified atom stereocenters. The van der Waals surface area contributed by atoms with Gasteiger partial charge in [0.25, 0.3) is 11.5 Å². The standard InChI is InChI=1S/C22H29N3O5/c1-4-8-25-19-14-17(6-7-18(19)16(3)13-20(25)26)30-15-21(27)23-9-11-24(12-10-23)22(28)29-5-2/h6-7,13-14H,4-5,8-12,15H2,1-3H3. The van der Waals surface area contributed by atoms with Gasteiger partial charge in [-0.15, -0.1) is 0 Å². The number of nitrogens with zero attached hydrogens (tertiary/aromatic N) is 3. The number of benzene rings is 1. The maximum absolute atomic E-state index is 12.5. The van der Waals surface area contributed by atoms with E-state index in [1.54, 1.807) is 27.4 Å². The maximum atomic E-state index is 12.5. The fourth-order valence-electron chi connectivity index (χ4n) is 3.66. The van der Waals surface area contributed by atoms with Crippen molar-refractivity contribution in [3.05, 3.63) is 40.2 Å². The number of aryl methyl sites for hydroxylation is 2. The van der Waals surface area contributed by atoms with Gasteiger partial charge in [0.15, 0.2) is 6.61 Å². The second-order valence-corrected chi connectivity index (χ2v) is 7.35. The molecule has 8 heteroatoms. The van der Waals surface area contributed by atoms with Gasteiger partial charge in [-0.25, -0.2) is 4.79 Å². The molecule has 3 rings (SSSR count). The highest BCUT2D eigenvalue weighted by atomic mass is 16.6. The first-order valence-electron chi connectivity index (χ1n) is 10.4. The third-order valence-corrected chi connectivity index (χ3v) is 5.26. The molecule has 2 amide bonds. The highest BCUT2D eigenvalue weighted by Crippen LogP contribution is 2.23. The summed E-state index contributed by atoms with van der Waals surface area (Å²) in [6.07, 6.45) is 0.504. The maximum Gasteiger partial charge on any atom is 0.409 e. The Morgan fingerprint density at radius 1 is 1.03 bits per heavy atom. The number of ether oxygens (including phenoxy) is 2. The van der Waals surface area contributed by atoms with Crippen LogP contribution in [0.25, 0.3) is 10.9 Å². The Hall–Kier alpha value is -3.03. The van der Waals surface area contributed by atoms with E-state index in [9.17, 15) is 14.4 Å². The number of hydrogen-bond acceptors (Lipinski definition) is 5. The van der Waals surface area contributed by atoms with Crippen LogP contribution in [0, 0.1) is 6.92 Å². The van der Waals surface area contributed by atoms with Gasteiger partial charge in [-0.3, -0.25) is 9.59 Å². The van der Waals surface area contributed by atoms with E-state index < -0.39 is 0 Å². The molecule has 0 saturated carbocycles. The largest absolute Gasteiger partial charge is 0.484 e. The molecule has 0 radical (unpaired) electrons. The number of fused-ring (bicyclic) bond motifs is 1. The van der Waals surface area contributed by atoms with Crippen molar-refractivity contribution < 1.29 is 19.1 Å². The summed E-state index contributed by atoms with van der Waals surface area (Å²) in [6.45, 7) is 8.39. The molecule has 0 bridgehead atoms. The lowest BCUT2D eigenvalue weighted by atomic mass is 10.1. The van der Waals surface area contributed by atoms with Crippen molar-refractivity contribution in [2.24, 2.45) is 0 Å². The van der Waals surface area contributed by atoms with Crippen molar-refractivity contribution in [3.8, 4) is 5.75 Å². The van der Waals surface area contributed by atoms with Crippen LogP contribution in [0.2, 0.25) is 0 Å². The van der Waals surface area contributed by atoms with E-state index in [2.05, 4.69) is 0 Å². The average Bonchev–Trinajstić information content (AvgIpc) is 2.75. The lowest BCUT2D eigenvalue weighted by molar-refractivity contribution is -0.134. The Morgan fingerprint density at radius 2 is 1.73 bits per heavy atom. The predicted octanol–water partition coefficient (Wildman–Crippen LogP) is 2.40. The third kappa shape index (κ3) is 4.75. The second-order valence-electron chi connectivity index (χ2n) is 7.35. The number of pyridine rings is 1. The van der Waals surface area contributed by atoms with E-state index >= 15 is 0 Å². The molecule has 0 spiro atoms. The molecule has 2 aromatic rings. The first-order chi connectivity index (χ1) is 14.4. The van der Waals surface area contributed by atoms with Crippen LogP contribution in [0.4, 0.5) is 4.79 Å². The Balaban J connectivity index is 1.64. The molecular weight excluding hydrogens is 386 g/mol. The molecule has 1 fully saturated rings. The highest BCUT2D eigenvalue weighted by Gasteiger charge is 2.25. The van der Waals surface area contributed by atoms with Crippen LogP contribution < -0.4 is 10.3 Å². The molecular formula is C22H29N3O5. The van der Waals surface area contributed by atoms with Crippen LogP contribution in [0.1, 0.15) is 25.8 Å². The van der Waals surface area contributed by atoms with Crippen LogP contribution in [0.3, 0.4) is 0 Å². The fraction of sp³-hybridized carbons (Fsp3) is 0.500. The van der Waals surface area contributed by atoms with Crippen molar-refractivity contribution in [2.75, 3.05) is 39.4 Å². The number of hydrogen-bond donors (Lipinski definition) is 0. The van der Waals surface area contributed by atoms with Crippen LogP contribution in [-0.4, -0.2) is 65.8 Å². The van der Waals surface area contributed by atoms with E-state index in [-0.39, 0.29) is 24.2 Å². The second kappa shape index (κ2) is 9.65. The van der Waals surface area contributed by atoms with Gasteiger partial charge < -0.3 is 23.8 Å². The van der Waals surface area contributed by atoms with Crippen LogP contribution in [0.15, 0.2) is 29.1 Å². The lowest BCUT2D eigenvalue weighted by Crippen LogP contribution is -2.51. The molecule has 8 nitrogen and oxygen atoms in total. The molecule has 1 aliphatic heterocycles.